The van der Waals surface area contributed by atoms with Gasteiger partial charge in [0.2, 0.25) is 0 Å². The highest BCUT2D eigenvalue weighted by molar-refractivity contribution is 7.80. The molecule has 0 bridgehead atoms. The summed E-state index contributed by atoms with van der Waals surface area (Å²) in [5.41, 5.74) is 0. The van der Waals surface area contributed by atoms with E-state index in [9.17, 15) is 0 Å². The van der Waals surface area contributed by atoms with Crippen molar-refractivity contribution in [1.29, 1.82) is 0 Å². The summed E-state index contributed by atoms with van der Waals surface area (Å²) < 4.78 is 0. The third-order valence-electron chi connectivity index (χ3n) is 1.61. The van der Waals surface area contributed by atoms with Crippen LogP contribution in [-0.4, -0.2) is 4.86 Å². The standard InChI is InChI=1S/C6H10S/c1-2-5-3-6(7)4-5/h5H,2-4H2,1H3. The fraction of sp³-hybridized carbons (Fsp3) is 0.833. The summed E-state index contributed by atoms with van der Waals surface area (Å²) in [5.74, 6) is 0.951. The first-order valence-corrected chi connectivity index (χ1v) is 3.25. The second-order valence-corrected chi connectivity index (χ2v) is 2.80. The predicted octanol–water partition coefficient (Wildman–Crippen LogP) is 2.18. The summed E-state index contributed by atoms with van der Waals surface area (Å²) in [6.45, 7) is 2.23. The van der Waals surface area contributed by atoms with Crippen LogP contribution in [0.25, 0.3) is 0 Å². The minimum atomic E-state index is 0.951. The quantitative estimate of drug-likeness (QED) is 0.471. The van der Waals surface area contributed by atoms with Gasteiger partial charge in [-0.05, 0) is 23.6 Å². The molecule has 1 heteroatoms. The van der Waals surface area contributed by atoms with Gasteiger partial charge in [-0.2, -0.15) is 0 Å². The summed E-state index contributed by atoms with van der Waals surface area (Å²) in [6, 6.07) is 0. The van der Waals surface area contributed by atoms with Crippen LogP contribution in [0.3, 0.4) is 0 Å². The minimum Gasteiger partial charge on any atom is -0.0897 e. The summed E-state index contributed by atoms with van der Waals surface area (Å²) in [5, 5.41) is 0. The van der Waals surface area contributed by atoms with E-state index in [1.165, 1.54) is 24.1 Å². The first-order chi connectivity index (χ1) is 3.33. The normalized spacial score (nSPS) is 22.1. The predicted molar refractivity (Wildman–Crippen MR) is 35.6 cm³/mol. The Kier molecular flexibility index (Phi) is 1.43. The van der Waals surface area contributed by atoms with Crippen molar-refractivity contribution in [1.82, 2.24) is 0 Å². The van der Waals surface area contributed by atoms with Crippen LogP contribution in [-0.2, 0) is 0 Å². The Morgan fingerprint density at radius 1 is 1.71 bits per heavy atom. The summed E-state index contributed by atoms with van der Waals surface area (Å²) >= 11 is 4.93. The summed E-state index contributed by atoms with van der Waals surface area (Å²) in [4.78, 5) is 1.28. The monoisotopic (exact) mass is 114 g/mol. The zero-order chi connectivity index (χ0) is 5.28. The van der Waals surface area contributed by atoms with Gasteiger partial charge in [-0.3, -0.25) is 0 Å². The van der Waals surface area contributed by atoms with Gasteiger partial charge in [0.25, 0.3) is 0 Å². The van der Waals surface area contributed by atoms with Crippen LogP contribution in [0.4, 0.5) is 0 Å². The summed E-state index contributed by atoms with van der Waals surface area (Å²) in [6.07, 6.45) is 3.78. The van der Waals surface area contributed by atoms with E-state index in [1.54, 1.807) is 0 Å². The van der Waals surface area contributed by atoms with Gasteiger partial charge in [-0.15, -0.1) is 0 Å². The van der Waals surface area contributed by atoms with Crippen LogP contribution in [0.2, 0.25) is 0 Å². The lowest BCUT2D eigenvalue weighted by Crippen LogP contribution is -2.20. The molecule has 1 rings (SSSR count). The molecule has 0 aromatic heterocycles. The van der Waals surface area contributed by atoms with E-state index in [-0.39, 0.29) is 0 Å². The fourth-order valence-corrected chi connectivity index (χ4v) is 1.34. The van der Waals surface area contributed by atoms with Gasteiger partial charge in [-0.25, -0.2) is 0 Å². The molecule has 0 nitrogen and oxygen atoms in total. The number of thiocarbonyl (C=S) groups is 1. The lowest BCUT2D eigenvalue weighted by atomic mass is 9.83. The van der Waals surface area contributed by atoms with Crippen molar-refractivity contribution in [3.05, 3.63) is 0 Å². The van der Waals surface area contributed by atoms with Gasteiger partial charge in [0.1, 0.15) is 0 Å². The van der Waals surface area contributed by atoms with Crippen molar-refractivity contribution in [2.45, 2.75) is 26.2 Å². The third-order valence-corrected chi connectivity index (χ3v) is 1.94. The van der Waals surface area contributed by atoms with E-state index < -0.39 is 0 Å². The molecule has 0 amide bonds. The molecule has 7 heavy (non-hydrogen) atoms. The molecule has 1 aliphatic rings. The van der Waals surface area contributed by atoms with Crippen LogP contribution < -0.4 is 0 Å². The second kappa shape index (κ2) is 1.91. The first kappa shape index (κ1) is 5.23. The molecule has 0 spiro atoms. The molecule has 0 saturated heterocycles. The Bertz CT molecular complexity index is 78.2. The van der Waals surface area contributed by atoms with Crippen molar-refractivity contribution in [2.75, 3.05) is 0 Å². The van der Waals surface area contributed by atoms with E-state index in [1.807, 2.05) is 0 Å². The lowest BCUT2D eigenvalue weighted by molar-refractivity contribution is 0.493. The number of rotatable bonds is 1. The van der Waals surface area contributed by atoms with Gasteiger partial charge in [0.15, 0.2) is 0 Å². The zero-order valence-electron chi connectivity index (χ0n) is 4.61. The Morgan fingerprint density at radius 2 is 2.29 bits per heavy atom. The molecule has 1 saturated carbocycles. The highest BCUT2D eigenvalue weighted by atomic mass is 32.1. The minimum absolute atomic E-state index is 0.951. The Hall–Kier alpha value is 0.0900. The molecule has 0 aliphatic heterocycles. The maximum atomic E-state index is 4.93. The molecular formula is C6H10S. The highest BCUT2D eigenvalue weighted by Crippen LogP contribution is 2.26. The summed E-state index contributed by atoms with van der Waals surface area (Å²) in [7, 11) is 0. The van der Waals surface area contributed by atoms with Crippen LogP contribution in [0.5, 0.6) is 0 Å². The van der Waals surface area contributed by atoms with Crippen LogP contribution in [0, 0.1) is 5.92 Å². The average molecular weight is 114 g/mol. The van der Waals surface area contributed by atoms with E-state index in [0.29, 0.717) is 0 Å². The van der Waals surface area contributed by atoms with Gasteiger partial charge >= 0.3 is 0 Å². The first-order valence-electron chi connectivity index (χ1n) is 2.84. The van der Waals surface area contributed by atoms with Crippen molar-refractivity contribution < 1.29 is 0 Å². The largest absolute Gasteiger partial charge is 0.0897 e. The molecule has 0 N–H and O–H groups in total. The van der Waals surface area contributed by atoms with E-state index in [0.717, 1.165) is 5.92 Å². The lowest BCUT2D eigenvalue weighted by Gasteiger charge is -2.24. The van der Waals surface area contributed by atoms with Gasteiger partial charge < -0.3 is 0 Å². The molecule has 40 valence electrons. The molecule has 1 fully saturated rings. The molecule has 0 atom stereocenters. The molecule has 0 aromatic rings. The Balaban J connectivity index is 2.17. The molecular weight excluding hydrogens is 104 g/mol. The van der Waals surface area contributed by atoms with Gasteiger partial charge in [0, 0.05) is 0 Å². The fourth-order valence-electron chi connectivity index (χ4n) is 0.873. The SMILES string of the molecule is CCC1CC(=S)C1. The highest BCUT2D eigenvalue weighted by Gasteiger charge is 2.19. The molecule has 0 aromatic carbocycles. The van der Waals surface area contributed by atoms with Crippen molar-refractivity contribution >= 4 is 17.1 Å². The van der Waals surface area contributed by atoms with Gasteiger partial charge in [-0.1, -0.05) is 25.6 Å². The maximum Gasteiger partial charge on any atom is -0.00658 e. The van der Waals surface area contributed by atoms with Crippen molar-refractivity contribution in [3.8, 4) is 0 Å². The second-order valence-electron chi connectivity index (χ2n) is 2.22. The van der Waals surface area contributed by atoms with Crippen molar-refractivity contribution in [3.63, 3.8) is 0 Å². The number of hydrogen-bond donors (Lipinski definition) is 0. The van der Waals surface area contributed by atoms with Crippen LogP contribution >= 0.6 is 12.2 Å². The topological polar surface area (TPSA) is 0 Å². The van der Waals surface area contributed by atoms with Crippen LogP contribution in [0.1, 0.15) is 26.2 Å². The van der Waals surface area contributed by atoms with Crippen LogP contribution in [0.15, 0.2) is 0 Å². The Labute approximate surface area is 49.9 Å². The average Bonchev–Trinajstić information content (AvgIpc) is 1.58. The van der Waals surface area contributed by atoms with Gasteiger partial charge in [0.05, 0.1) is 0 Å². The van der Waals surface area contributed by atoms with E-state index >= 15 is 0 Å². The van der Waals surface area contributed by atoms with E-state index in [2.05, 4.69) is 6.92 Å². The van der Waals surface area contributed by atoms with E-state index in [4.69, 9.17) is 12.2 Å². The molecule has 0 radical (unpaired) electrons. The maximum absolute atomic E-state index is 4.93. The smallest absolute Gasteiger partial charge is 0.00658 e. The zero-order valence-corrected chi connectivity index (χ0v) is 5.42. The molecule has 1 aliphatic carbocycles. The van der Waals surface area contributed by atoms with Crippen molar-refractivity contribution in [2.24, 2.45) is 5.92 Å². The molecule has 0 heterocycles. The third kappa shape index (κ3) is 1.00. The number of hydrogen-bond acceptors (Lipinski definition) is 1. The Morgan fingerprint density at radius 3 is 2.43 bits per heavy atom. The molecule has 0 unspecified atom stereocenters.